The van der Waals surface area contributed by atoms with Crippen molar-refractivity contribution in [3.8, 4) is 11.5 Å². The molecule has 5 heteroatoms. The minimum absolute atomic E-state index is 0.0448. The van der Waals surface area contributed by atoms with Gasteiger partial charge in [0.1, 0.15) is 0 Å². The summed E-state index contributed by atoms with van der Waals surface area (Å²) in [5.74, 6) is 1.68. The number of benzene rings is 4. The highest BCUT2D eigenvalue weighted by Crippen LogP contribution is 2.48. The molecule has 1 fully saturated rings. The lowest BCUT2D eigenvalue weighted by Gasteiger charge is -2.50. The Morgan fingerprint density at radius 3 is 2.59 bits per heavy atom. The fraction of sp³-hybridized carbons (Fsp3) is 0.281. The first-order valence-electron chi connectivity index (χ1n) is 13.2. The number of carbonyl (C=O) groups excluding carboxylic acids is 1. The molecule has 186 valence electrons. The summed E-state index contributed by atoms with van der Waals surface area (Å²) in [4.78, 5) is 16.7. The van der Waals surface area contributed by atoms with E-state index in [0.717, 1.165) is 59.3 Å². The van der Waals surface area contributed by atoms with Crippen LogP contribution in [0.5, 0.6) is 11.5 Å². The average Bonchev–Trinajstić information content (AvgIpc) is 3.44. The summed E-state index contributed by atoms with van der Waals surface area (Å²) >= 11 is 0. The van der Waals surface area contributed by atoms with Crippen LogP contribution in [0.15, 0.2) is 84.9 Å². The SMILES string of the molecule is O=C(c1cccc2ccccc12)N1CC2(CCNCC2)c2ccccc2[C@H]1Cc1cccc2c1OCO2. The highest BCUT2D eigenvalue weighted by molar-refractivity contribution is 6.07. The number of hydrogen-bond acceptors (Lipinski definition) is 4. The molecular weight excluding hydrogens is 460 g/mol. The van der Waals surface area contributed by atoms with Crippen LogP contribution >= 0.6 is 0 Å². The summed E-state index contributed by atoms with van der Waals surface area (Å²) in [6.45, 7) is 2.88. The minimum atomic E-state index is -0.0983. The van der Waals surface area contributed by atoms with Crippen molar-refractivity contribution >= 4 is 16.7 Å². The van der Waals surface area contributed by atoms with E-state index in [-0.39, 0.29) is 24.2 Å². The second kappa shape index (κ2) is 8.93. The number of ether oxygens (including phenoxy) is 2. The summed E-state index contributed by atoms with van der Waals surface area (Å²) in [5.41, 5.74) is 4.45. The lowest BCUT2D eigenvalue weighted by molar-refractivity contribution is 0.0536. The highest BCUT2D eigenvalue weighted by atomic mass is 16.7. The largest absolute Gasteiger partial charge is 0.454 e. The van der Waals surface area contributed by atoms with Crippen molar-refractivity contribution in [1.82, 2.24) is 10.2 Å². The Morgan fingerprint density at radius 1 is 0.892 bits per heavy atom. The third-order valence-electron chi connectivity index (χ3n) is 8.47. The van der Waals surface area contributed by atoms with Gasteiger partial charge in [0.25, 0.3) is 5.91 Å². The molecule has 5 nitrogen and oxygen atoms in total. The van der Waals surface area contributed by atoms with E-state index in [0.29, 0.717) is 13.0 Å². The fourth-order valence-electron chi connectivity index (χ4n) is 6.65. The van der Waals surface area contributed by atoms with Crippen LogP contribution in [0.2, 0.25) is 0 Å². The van der Waals surface area contributed by atoms with Crippen molar-refractivity contribution in [1.29, 1.82) is 0 Å². The van der Waals surface area contributed by atoms with Crippen LogP contribution in [0.4, 0.5) is 0 Å². The maximum Gasteiger partial charge on any atom is 0.255 e. The van der Waals surface area contributed by atoms with Gasteiger partial charge in [0, 0.05) is 29.5 Å². The molecule has 0 unspecified atom stereocenters. The maximum absolute atomic E-state index is 14.5. The molecule has 1 atom stereocenters. The Morgan fingerprint density at radius 2 is 1.68 bits per heavy atom. The number of amides is 1. The second-order valence-electron chi connectivity index (χ2n) is 10.4. The van der Waals surface area contributed by atoms with E-state index in [9.17, 15) is 4.79 Å². The first-order valence-corrected chi connectivity index (χ1v) is 13.2. The number of hydrogen-bond donors (Lipinski definition) is 1. The summed E-state index contributed by atoms with van der Waals surface area (Å²) < 4.78 is 11.5. The fourth-order valence-corrected chi connectivity index (χ4v) is 6.65. The van der Waals surface area contributed by atoms with Gasteiger partial charge in [0.2, 0.25) is 6.79 Å². The molecule has 3 aliphatic heterocycles. The standard InChI is InChI=1S/C32H30N2O3/c35-31(25-12-5-8-22-7-1-2-10-24(22)25)34-20-32(15-17-33-18-16-32)27-13-4-3-11-26(27)28(34)19-23-9-6-14-29-30(23)37-21-36-29/h1-14,28,33H,15-21H2/t28-/m1/s1. The molecule has 1 spiro atoms. The van der Waals surface area contributed by atoms with Gasteiger partial charge in [-0.15, -0.1) is 0 Å². The number of rotatable bonds is 3. The van der Waals surface area contributed by atoms with Gasteiger partial charge < -0.3 is 19.7 Å². The number of nitrogens with one attached hydrogen (secondary N) is 1. The normalized spacial score (nSPS) is 19.7. The summed E-state index contributed by atoms with van der Waals surface area (Å²) in [5, 5.41) is 5.62. The van der Waals surface area contributed by atoms with Crippen molar-refractivity contribution in [2.24, 2.45) is 0 Å². The van der Waals surface area contributed by atoms with Crippen molar-refractivity contribution in [3.63, 3.8) is 0 Å². The molecule has 3 aliphatic rings. The first kappa shape index (κ1) is 22.4. The summed E-state index contributed by atoms with van der Waals surface area (Å²) in [6, 6.07) is 29.0. The number of para-hydroxylation sites is 1. The number of fused-ring (bicyclic) bond motifs is 4. The van der Waals surface area contributed by atoms with Gasteiger partial charge in [-0.25, -0.2) is 0 Å². The van der Waals surface area contributed by atoms with Gasteiger partial charge in [-0.3, -0.25) is 4.79 Å². The zero-order chi connectivity index (χ0) is 24.8. The molecule has 0 aromatic heterocycles. The average molecular weight is 491 g/mol. The Balaban J connectivity index is 1.38. The highest BCUT2D eigenvalue weighted by Gasteiger charge is 2.46. The van der Waals surface area contributed by atoms with E-state index in [1.165, 1.54) is 11.1 Å². The van der Waals surface area contributed by atoms with E-state index < -0.39 is 0 Å². The van der Waals surface area contributed by atoms with Gasteiger partial charge in [-0.1, -0.05) is 72.8 Å². The van der Waals surface area contributed by atoms with E-state index in [4.69, 9.17) is 9.47 Å². The van der Waals surface area contributed by atoms with Gasteiger partial charge in [0.05, 0.1) is 6.04 Å². The first-order chi connectivity index (χ1) is 18.2. The Bertz CT molecular complexity index is 1490. The topological polar surface area (TPSA) is 50.8 Å². The lowest BCUT2D eigenvalue weighted by Crippen LogP contribution is -2.54. The second-order valence-corrected chi connectivity index (χ2v) is 10.4. The smallest absolute Gasteiger partial charge is 0.255 e. The molecule has 0 aliphatic carbocycles. The van der Waals surface area contributed by atoms with Gasteiger partial charge >= 0.3 is 0 Å². The van der Waals surface area contributed by atoms with Gasteiger partial charge in [-0.2, -0.15) is 0 Å². The third-order valence-corrected chi connectivity index (χ3v) is 8.47. The van der Waals surface area contributed by atoms with Gasteiger partial charge in [-0.05, 0) is 60.0 Å². The van der Waals surface area contributed by atoms with Crippen LogP contribution in [-0.2, 0) is 11.8 Å². The Labute approximate surface area is 217 Å². The molecule has 0 bridgehead atoms. The van der Waals surface area contributed by atoms with Crippen LogP contribution in [0.1, 0.15) is 45.9 Å². The van der Waals surface area contributed by atoms with Crippen LogP contribution in [0.25, 0.3) is 10.8 Å². The van der Waals surface area contributed by atoms with Crippen LogP contribution in [0.3, 0.4) is 0 Å². The number of carbonyl (C=O) groups is 1. The molecule has 0 saturated carbocycles. The predicted octanol–water partition coefficient (Wildman–Crippen LogP) is 5.63. The van der Waals surface area contributed by atoms with Crippen molar-refractivity contribution < 1.29 is 14.3 Å². The van der Waals surface area contributed by atoms with Crippen LogP contribution in [-0.4, -0.2) is 37.2 Å². The maximum atomic E-state index is 14.5. The van der Waals surface area contributed by atoms with E-state index in [1.54, 1.807) is 0 Å². The molecular formula is C32H30N2O3. The zero-order valence-electron chi connectivity index (χ0n) is 20.8. The molecule has 3 heterocycles. The minimum Gasteiger partial charge on any atom is -0.454 e. The van der Waals surface area contributed by atoms with Crippen LogP contribution in [0, 0.1) is 0 Å². The van der Waals surface area contributed by atoms with E-state index in [1.807, 2.05) is 36.4 Å². The van der Waals surface area contributed by atoms with Crippen molar-refractivity contribution in [2.75, 3.05) is 26.4 Å². The van der Waals surface area contributed by atoms with E-state index >= 15 is 0 Å². The van der Waals surface area contributed by atoms with Crippen LogP contribution < -0.4 is 14.8 Å². The lowest BCUT2D eigenvalue weighted by atomic mass is 9.67. The van der Waals surface area contributed by atoms with Crippen molar-refractivity contribution in [2.45, 2.75) is 30.7 Å². The quantitative estimate of drug-likeness (QED) is 0.404. The van der Waals surface area contributed by atoms with E-state index in [2.05, 4.69) is 58.7 Å². The number of nitrogens with zero attached hydrogens (tertiary/aromatic N) is 1. The Kier molecular flexibility index (Phi) is 5.40. The monoisotopic (exact) mass is 490 g/mol. The number of piperidine rings is 1. The predicted molar refractivity (Wildman–Crippen MR) is 144 cm³/mol. The molecule has 4 aromatic carbocycles. The molecule has 4 aromatic rings. The summed E-state index contributed by atoms with van der Waals surface area (Å²) in [7, 11) is 0. The van der Waals surface area contributed by atoms with Gasteiger partial charge in [0.15, 0.2) is 11.5 Å². The third kappa shape index (κ3) is 3.68. The molecule has 37 heavy (non-hydrogen) atoms. The molecule has 1 amide bonds. The molecule has 0 radical (unpaired) electrons. The summed E-state index contributed by atoms with van der Waals surface area (Å²) in [6.07, 6.45) is 2.72. The van der Waals surface area contributed by atoms with Crippen molar-refractivity contribution in [3.05, 3.63) is 107 Å². The Hall–Kier alpha value is -3.83. The molecule has 7 rings (SSSR count). The zero-order valence-corrected chi connectivity index (χ0v) is 20.8. The molecule has 1 saturated heterocycles. The molecule has 1 N–H and O–H groups in total.